The first-order chi connectivity index (χ1) is 9.08. The van der Waals surface area contributed by atoms with Crippen LogP contribution in [0, 0.1) is 6.92 Å². The number of aryl methyl sites for hydroxylation is 2. The lowest BCUT2D eigenvalue weighted by Crippen LogP contribution is -1.95. The van der Waals surface area contributed by atoms with Gasteiger partial charge >= 0.3 is 0 Å². The van der Waals surface area contributed by atoms with E-state index < -0.39 is 0 Å². The SMILES string of the molecule is Cc1cccc2nc(-c3cc(N)ccc3Br)n(C)c12. The van der Waals surface area contributed by atoms with E-state index >= 15 is 0 Å². The average Bonchev–Trinajstić information content (AvgIpc) is 2.71. The molecule has 0 bridgehead atoms. The lowest BCUT2D eigenvalue weighted by atomic mass is 10.2. The minimum Gasteiger partial charge on any atom is -0.399 e. The summed E-state index contributed by atoms with van der Waals surface area (Å²) in [5, 5.41) is 0. The molecule has 0 amide bonds. The summed E-state index contributed by atoms with van der Waals surface area (Å²) in [7, 11) is 2.04. The number of benzene rings is 2. The summed E-state index contributed by atoms with van der Waals surface area (Å²) < 4.78 is 3.11. The summed E-state index contributed by atoms with van der Waals surface area (Å²) in [6.07, 6.45) is 0. The highest BCUT2D eigenvalue weighted by molar-refractivity contribution is 9.10. The fourth-order valence-electron chi connectivity index (χ4n) is 2.42. The summed E-state index contributed by atoms with van der Waals surface area (Å²) >= 11 is 3.57. The van der Waals surface area contributed by atoms with Gasteiger partial charge in [0.15, 0.2) is 0 Å². The minimum atomic E-state index is 0.738. The molecule has 1 heterocycles. The van der Waals surface area contributed by atoms with Crippen LogP contribution in [0.3, 0.4) is 0 Å². The van der Waals surface area contributed by atoms with Gasteiger partial charge in [-0.25, -0.2) is 4.98 Å². The summed E-state index contributed by atoms with van der Waals surface area (Å²) in [5.41, 5.74) is 11.0. The molecule has 19 heavy (non-hydrogen) atoms. The zero-order valence-electron chi connectivity index (χ0n) is 10.8. The third-order valence-electron chi connectivity index (χ3n) is 3.33. The number of anilines is 1. The molecular weight excluding hydrogens is 302 g/mol. The fraction of sp³-hybridized carbons (Fsp3) is 0.133. The van der Waals surface area contributed by atoms with E-state index in [1.807, 2.05) is 37.4 Å². The number of fused-ring (bicyclic) bond motifs is 1. The van der Waals surface area contributed by atoms with Crippen LogP contribution in [0.5, 0.6) is 0 Å². The van der Waals surface area contributed by atoms with E-state index in [4.69, 9.17) is 10.7 Å². The second-order valence-electron chi connectivity index (χ2n) is 4.68. The van der Waals surface area contributed by atoms with Crippen molar-refractivity contribution in [3.8, 4) is 11.4 Å². The lowest BCUT2D eigenvalue weighted by Gasteiger charge is -2.07. The number of hydrogen-bond acceptors (Lipinski definition) is 2. The van der Waals surface area contributed by atoms with Gasteiger partial charge in [-0.3, -0.25) is 0 Å². The average molecular weight is 316 g/mol. The highest BCUT2D eigenvalue weighted by atomic mass is 79.9. The van der Waals surface area contributed by atoms with Gasteiger partial charge in [-0.15, -0.1) is 0 Å². The highest BCUT2D eigenvalue weighted by Crippen LogP contribution is 2.32. The largest absolute Gasteiger partial charge is 0.399 e. The number of nitrogens with zero attached hydrogens (tertiary/aromatic N) is 2. The molecule has 0 radical (unpaired) electrons. The fourth-order valence-corrected chi connectivity index (χ4v) is 2.84. The maximum absolute atomic E-state index is 5.88. The molecule has 96 valence electrons. The second kappa shape index (κ2) is 4.38. The van der Waals surface area contributed by atoms with Crippen molar-refractivity contribution >= 4 is 32.7 Å². The molecule has 3 rings (SSSR count). The van der Waals surface area contributed by atoms with E-state index in [9.17, 15) is 0 Å². The molecule has 0 aliphatic rings. The monoisotopic (exact) mass is 315 g/mol. The van der Waals surface area contributed by atoms with E-state index in [1.165, 1.54) is 5.56 Å². The predicted octanol–water partition coefficient (Wildman–Crippen LogP) is 3.89. The molecule has 4 heteroatoms. The van der Waals surface area contributed by atoms with Crippen molar-refractivity contribution in [1.82, 2.24) is 9.55 Å². The number of hydrogen-bond donors (Lipinski definition) is 1. The van der Waals surface area contributed by atoms with Crippen molar-refractivity contribution in [2.45, 2.75) is 6.92 Å². The van der Waals surface area contributed by atoms with Crippen LogP contribution in [0.4, 0.5) is 5.69 Å². The zero-order chi connectivity index (χ0) is 13.6. The van der Waals surface area contributed by atoms with Crippen LogP contribution in [-0.2, 0) is 7.05 Å². The molecule has 0 fully saturated rings. The van der Waals surface area contributed by atoms with Gasteiger partial charge in [-0.2, -0.15) is 0 Å². The smallest absolute Gasteiger partial charge is 0.142 e. The Labute approximate surface area is 120 Å². The van der Waals surface area contributed by atoms with E-state index in [0.29, 0.717) is 0 Å². The lowest BCUT2D eigenvalue weighted by molar-refractivity contribution is 0.954. The quantitative estimate of drug-likeness (QED) is 0.692. The Kier molecular flexibility index (Phi) is 2.82. The molecule has 3 nitrogen and oxygen atoms in total. The van der Waals surface area contributed by atoms with Crippen molar-refractivity contribution in [3.05, 3.63) is 46.4 Å². The van der Waals surface area contributed by atoms with Gasteiger partial charge in [0.05, 0.1) is 11.0 Å². The van der Waals surface area contributed by atoms with E-state index in [1.54, 1.807) is 0 Å². The summed E-state index contributed by atoms with van der Waals surface area (Å²) in [5.74, 6) is 0.920. The molecule has 1 aromatic heterocycles. The first-order valence-electron chi connectivity index (χ1n) is 6.05. The van der Waals surface area contributed by atoms with Crippen molar-refractivity contribution in [1.29, 1.82) is 0 Å². The summed E-state index contributed by atoms with van der Waals surface area (Å²) in [6.45, 7) is 2.10. The van der Waals surface area contributed by atoms with Crippen molar-refractivity contribution in [2.24, 2.45) is 7.05 Å². The van der Waals surface area contributed by atoms with Crippen molar-refractivity contribution < 1.29 is 0 Å². The Bertz CT molecular complexity index is 774. The molecule has 0 unspecified atom stereocenters. The molecule has 0 aliphatic carbocycles. The molecule has 3 aromatic rings. The molecular formula is C15H14BrN3. The van der Waals surface area contributed by atoms with Gasteiger partial charge in [0.25, 0.3) is 0 Å². The Morgan fingerprint density at radius 1 is 1.21 bits per heavy atom. The number of rotatable bonds is 1. The Hall–Kier alpha value is -1.81. The molecule has 2 N–H and O–H groups in total. The van der Waals surface area contributed by atoms with Crippen LogP contribution >= 0.6 is 15.9 Å². The number of para-hydroxylation sites is 1. The molecule has 0 atom stereocenters. The number of imidazole rings is 1. The minimum absolute atomic E-state index is 0.738. The summed E-state index contributed by atoms with van der Waals surface area (Å²) in [4.78, 5) is 4.72. The predicted molar refractivity (Wildman–Crippen MR) is 83.0 cm³/mol. The number of aromatic nitrogens is 2. The highest BCUT2D eigenvalue weighted by Gasteiger charge is 2.13. The van der Waals surface area contributed by atoms with Gasteiger partial charge < -0.3 is 10.3 Å². The third kappa shape index (κ3) is 1.92. The van der Waals surface area contributed by atoms with Gasteiger partial charge in [-0.1, -0.05) is 28.1 Å². The molecule has 0 aliphatic heterocycles. The Morgan fingerprint density at radius 2 is 2.00 bits per heavy atom. The molecule has 0 spiro atoms. The van der Waals surface area contributed by atoms with E-state index in [2.05, 4.69) is 33.5 Å². The first kappa shape index (κ1) is 12.2. The van der Waals surface area contributed by atoms with Crippen LogP contribution in [0.2, 0.25) is 0 Å². The van der Waals surface area contributed by atoms with Gasteiger partial charge in [-0.05, 0) is 36.8 Å². The van der Waals surface area contributed by atoms with E-state index in [-0.39, 0.29) is 0 Å². The topological polar surface area (TPSA) is 43.8 Å². The summed E-state index contributed by atoms with van der Waals surface area (Å²) in [6, 6.07) is 11.9. The number of halogens is 1. The van der Waals surface area contributed by atoms with Crippen molar-refractivity contribution in [2.75, 3.05) is 5.73 Å². The van der Waals surface area contributed by atoms with Gasteiger partial charge in [0, 0.05) is 22.8 Å². The number of nitrogens with two attached hydrogens (primary N) is 1. The molecule has 2 aromatic carbocycles. The number of nitrogen functional groups attached to an aromatic ring is 1. The van der Waals surface area contributed by atoms with Crippen LogP contribution < -0.4 is 5.73 Å². The van der Waals surface area contributed by atoms with Gasteiger partial charge in [0.1, 0.15) is 5.82 Å². The van der Waals surface area contributed by atoms with Crippen LogP contribution in [0.15, 0.2) is 40.9 Å². The second-order valence-corrected chi connectivity index (χ2v) is 5.53. The third-order valence-corrected chi connectivity index (χ3v) is 4.02. The van der Waals surface area contributed by atoms with Gasteiger partial charge in [0.2, 0.25) is 0 Å². The molecule has 0 saturated carbocycles. The van der Waals surface area contributed by atoms with E-state index in [0.717, 1.165) is 32.6 Å². The van der Waals surface area contributed by atoms with Crippen molar-refractivity contribution in [3.63, 3.8) is 0 Å². The standard InChI is InChI=1S/C15H14BrN3/c1-9-4-3-5-13-14(9)19(2)15(18-13)11-8-10(17)6-7-12(11)16/h3-8H,17H2,1-2H3. The maximum Gasteiger partial charge on any atom is 0.142 e. The first-order valence-corrected chi connectivity index (χ1v) is 6.84. The Morgan fingerprint density at radius 3 is 2.74 bits per heavy atom. The normalized spacial score (nSPS) is 11.1. The zero-order valence-corrected chi connectivity index (χ0v) is 12.4. The maximum atomic E-state index is 5.88. The molecule has 0 saturated heterocycles. The van der Waals surface area contributed by atoms with Crippen LogP contribution in [-0.4, -0.2) is 9.55 Å². The Balaban J connectivity index is 2.34. The van der Waals surface area contributed by atoms with Crippen LogP contribution in [0.1, 0.15) is 5.56 Å². The van der Waals surface area contributed by atoms with Crippen LogP contribution in [0.25, 0.3) is 22.4 Å².